The highest BCUT2D eigenvalue weighted by atomic mass is 32.2. The molecule has 6 heteroatoms. The van der Waals surface area contributed by atoms with E-state index in [4.69, 9.17) is 5.26 Å². The Balaban J connectivity index is 1.55. The molecule has 0 bridgehead atoms. The van der Waals surface area contributed by atoms with Crippen LogP contribution >= 0.6 is 11.8 Å². The second-order valence-corrected chi connectivity index (χ2v) is 6.34. The van der Waals surface area contributed by atoms with Crippen molar-refractivity contribution in [3.63, 3.8) is 0 Å². The molecule has 21 heavy (non-hydrogen) atoms. The van der Waals surface area contributed by atoms with Crippen LogP contribution in [0.5, 0.6) is 0 Å². The number of hydrogen-bond acceptors (Lipinski definition) is 5. The highest BCUT2D eigenvalue weighted by molar-refractivity contribution is 7.99. The quantitative estimate of drug-likeness (QED) is 0.916. The average molecular weight is 299 g/mol. The molecule has 1 fully saturated rings. The molecule has 0 saturated heterocycles. The van der Waals surface area contributed by atoms with Crippen LogP contribution in [0.2, 0.25) is 0 Å². The van der Waals surface area contributed by atoms with Crippen LogP contribution in [-0.2, 0) is 6.42 Å². The molecule has 108 valence electrons. The lowest BCUT2D eigenvalue weighted by Gasteiger charge is -2.05. The Bertz CT molecular complexity index is 622. The van der Waals surface area contributed by atoms with Crippen LogP contribution in [0, 0.1) is 17.2 Å². The number of hydrogen-bond donors (Lipinski definition) is 1. The summed E-state index contributed by atoms with van der Waals surface area (Å²) in [6.07, 6.45) is 9.23. The van der Waals surface area contributed by atoms with Crippen molar-refractivity contribution in [3.8, 4) is 6.07 Å². The molecule has 0 aliphatic heterocycles. The van der Waals surface area contributed by atoms with E-state index < -0.39 is 0 Å². The lowest BCUT2D eigenvalue weighted by Crippen LogP contribution is -1.97. The zero-order chi connectivity index (χ0) is 14.5. The molecule has 1 N–H and O–H groups in total. The second-order valence-electron chi connectivity index (χ2n) is 5.35. The third-order valence-corrected chi connectivity index (χ3v) is 4.65. The van der Waals surface area contributed by atoms with Gasteiger partial charge in [0.1, 0.15) is 16.9 Å². The van der Waals surface area contributed by atoms with Crippen LogP contribution in [0.4, 0.5) is 0 Å². The first-order valence-electron chi connectivity index (χ1n) is 7.29. The number of pyridine rings is 1. The zero-order valence-electron chi connectivity index (χ0n) is 11.7. The molecular weight excluding hydrogens is 282 g/mol. The summed E-state index contributed by atoms with van der Waals surface area (Å²) in [6, 6.07) is 5.63. The minimum atomic E-state index is 0.562. The van der Waals surface area contributed by atoms with Gasteiger partial charge in [-0.25, -0.2) is 9.97 Å². The van der Waals surface area contributed by atoms with Gasteiger partial charge in [-0.1, -0.05) is 25.7 Å². The van der Waals surface area contributed by atoms with Gasteiger partial charge in [0.2, 0.25) is 5.16 Å². The summed E-state index contributed by atoms with van der Waals surface area (Å²) in [5, 5.41) is 17.5. The molecule has 1 saturated carbocycles. The van der Waals surface area contributed by atoms with E-state index in [2.05, 4.69) is 26.2 Å². The molecule has 0 spiro atoms. The van der Waals surface area contributed by atoms with E-state index in [1.54, 1.807) is 12.3 Å². The van der Waals surface area contributed by atoms with E-state index in [0.717, 1.165) is 23.2 Å². The molecule has 5 nitrogen and oxygen atoms in total. The lowest BCUT2D eigenvalue weighted by atomic mass is 10.0. The van der Waals surface area contributed by atoms with E-state index in [1.165, 1.54) is 43.9 Å². The number of H-pyrrole nitrogens is 1. The van der Waals surface area contributed by atoms with Crippen molar-refractivity contribution < 1.29 is 0 Å². The fourth-order valence-electron chi connectivity index (χ4n) is 2.68. The Labute approximate surface area is 128 Å². The maximum absolute atomic E-state index is 8.74. The summed E-state index contributed by atoms with van der Waals surface area (Å²) in [5.41, 5.74) is 0.562. The summed E-state index contributed by atoms with van der Waals surface area (Å²) in [7, 11) is 0. The van der Waals surface area contributed by atoms with Gasteiger partial charge < -0.3 is 0 Å². The van der Waals surface area contributed by atoms with Crippen LogP contribution < -0.4 is 0 Å². The van der Waals surface area contributed by atoms with Crippen LogP contribution in [0.3, 0.4) is 0 Å². The predicted octanol–water partition coefficient (Wildman–Crippen LogP) is 3.35. The zero-order valence-corrected chi connectivity index (χ0v) is 12.6. The van der Waals surface area contributed by atoms with Crippen molar-refractivity contribution in [1.82, 2.24) is 20.2 Å². The fraction of sp³-hybridized carbons (Fsp3) is 0.467. The third-order valence-electron chi connectivity index (χ3n) is 3.84. The van der Waals surface area contributed by atoms with Gasteiger partial charge in [0.15, 0.2) is 0 Å². The number of nitrogens with zero attached hydrogens (tertiary/aromatic N) is 4. The monoisotopic (exact) mass is 299 g/mol. The Morgan fingerprint density at radius 3 is 2.90 bits per heavy atom. The molecule has 1 aliphatic rings. The van der Waals surface area contributed by atoms with Gasteiger partial charge in [-0.05, 0) is 36.2 Å². The molecule has 0 amide bonds. The molecule has 3 rings (SSSR count). The number of aromatic nitrogens is 4. The number of nitrogens with one attached hydrogen (secondary N) is 1. The van der Waals surface area contributed by atoms with Crippen molar-refractivity contribution in [2.75, 3.05) is 0 Å². The molecule has 1 aliphatic carbocycles. The maximum atomic E-state index is 8.74. The minimum absolute atomic E-state index is 0.562. The number of aryl methyl sites for hydroxylation is 1. The van der Waals surface area contributed by atoms with Crippen LogP contribution in [0.15, 0.2) is 28.5 Å². The molecule has 2 heterocycles. The second kappa shape index (κ2) is 6.72. The molecule has 0 radical (unpaired) electrons. The summed E-state index contributed by atoms with van der Waals surface area (Å²) in [6.45, 7) is 0. The van der Waals surface area contributed by atoms with Crippen molar-refractivity contribution in [1.29, 1.82) is 5.26 Å². The lowest BCUT2D eigenvalue weighted by molar-refractivity contribution is 0.497. The standard InChI is InChI=1S/C15H17N5S/c16-9-12-6-8-14(17-10-12)21-15-18-13(19-20-15)7-5-11-3-1-2-4-11/h6,8,10-11H,1-5,7H2,(H,18,19,20). The third kappa shape index (κ3) is 3.82. The largest absolute Gasteiger partial charge is 0.262 e. The molecule has 2 aromatic rings. The highest BCUT2D eigenvalue weighted by Gasteiger charge is 2.15. The van der Waals surface area contributed by atoms with E-state index in [-0.39, 0.29) is 0 Å². The van der Waals surface area contributed by atoms with E-state index in [9.17, 15) is 0 Å². The first kappa shape index (κ1) is 14.1. The molecule has 0 unspecified atom stereocenters. The van der Waals surface area contributed by atoms with Crippen LogP contribution in [0.25, 0.3) is 0 Å². The molecule has 0 aromatic carbocycles. The Morgan fingerprint density at radius 2 is 2.19 bits per heavy atom. The molecular formula is C15H17N5S. The fourth-order valence-corrected chi connectivity index (χ4v) is 3.35. The van der Waals surface area contributed by atoms with Gasteiger partial charge in [0.25, 0.3) is 0 Å². The summed E-state index contributed by atoms with van der Waals surface area (Å²) < 4.78 is 0. The highest BCUT2D eigenvalue weighted by Crippen LogP contribution is 2.28. The Morgan fingerprint density at radius 1 is 1.33 bits per heavy atom. The Kier molecular flexibility index (Phi) is 4.51. The summed E-state index contributed by atoms with van der Waals surface area (Å²) in [4.78, 5) is 8.71. The summed E-state index contributed by atoms with van der Waals surface area (Å²) >= 11 is 1.41. The van der Waals surface area contributed by atoms with E-state index in [0.29, 0.717) is 10.7 Å². The SMILES string of the molecule is N#Cc1ccc(Sc2n[nH]c(CCC3CCCC3)n2)nc1. The van der Waals surface area contributed by atoms with Crippen molar-refractivity contribution in [2.24, 2.45) is 5.92 Å². The Hall–Kier alpha value is -1.87. The molecule has 2 aromatic heterocycles. The average Bonchev–Trinajstić information content (AvgIpc) is 3.17. The van der Waals surface area contributed by atoms with Crippen molar-refractivity contribution in [3.05, 3.63) is 29.7 Å². The van der Waals surface area contributed by atoms with E-state index >= 15 is 0 Å². The molecule has 0 atom stereocenters. The van der Waals surface area contributed by atoms with Crippen LogP contribution in [-0.4, -0.2) is 20.2 Å². The topological polar surface area (TPSA) is 78.2 Å². The van der Waals surface area contributed by atoms with Gasteiger partial charge in [0.05, 0.1) is 5.56 Å². The smallest absolute Gasteiger partial charge is 0.214 e. The maximum Gasteiger partial charge on any atom is 0.214 e. The minimum Gasteiger partial charge on any atom is -0.262 e. The summed E-state index contributed by atoms with van der Waals surface area (Å²) in [5.74, 6) is 1.82. The first-order chi connectivity index (χ1) is 10.3. The van der Waals surface area contributed by atoms with Crippen LogP contribution in [0.1, 0.15) is 43.5 Å². The predicted molar refractivity (Wildman–Crippen MR) is 79.7 cm³/mol. The van der Waals surface area contributed by atoms with Gasteiger partial charge in [-0.2, -0.15) is 5.26 Å². The number of aromatic amines is 1. The van der Waals surface area contributed by atoms with Gasteiger partial charge in [-0.15, -0.1) is 5.10 Å². The van der Waals surface area contributed by atoms with Crippen molar-refractivity contribution >= 4 is 11.8 Å². The normalized spacial score (nSPS) is 15.2. The van der Waals surface area contributed by atoms with Gasteiger partial charge in [-0.3, -0.25) is 5.10 Å². The van der Waals surface area contributed by atoms with Gasteiger partial charge >= 0.3 is 0 Å². The first-order valence-corrected chi connectivity index (χ1v) is 8.10. The van der Waals surface area contributed by atoms with E-state index in [1.807, 2.05) is 6.07 Å². The van der Waals surface area contributed by atoms with Crippen molar-refractivity contribution in [2.45, 2.75) is 48.7 Å². The van der Waals surface area contributed by atoms with Gasteiger partial charge in [0, 0.05) is 12.6 Å². The number of rotatable bonds is 5. The number of nitriles is 1.